The maximum atomic E-state index is 14.7. The number of nitrogens with two attached hydrogens (primary N) is 1. The van der Waals surface area contributed by atoms with Crippen molar-refractivity contribution < 1.29 is 22.7 Å². The van der Waals surface area contributed by atoms with Crippen molar-refractivity contribution in [1.82, 2.24) is 9.88 Å². The van der Waals surface area contributed by atoms with E-state index in [2.05, 4.69) is 4.98 Å². The Bertz CT molecular complexity index is 1720. The van der Waals surface area contributed by atoms with Crippen LogP contribution in [0.15, 0.2) is 71.6 Å². The highest BCUT2D eigenvalue weighted by molar-refractivity contribution is 7.93. The van der Waals surface area contributed by atoms with Crippen LogP contribution in [0.2, 0.25) is 0 Å². The number of H-pyrrole nitrogens is 1. The number of fused-ring (bicyclic) bond motifs is 2. The van der Waals surface area contributed by atoms with E-state index in [1.54, 1.807) is 17.0 Å². The number of amides is 2. The van der Waals surface area contributed by atoms with Gasteiger partial charge >= 0.3 is 6.09 Å². The Labute approximate surface area is 246 Å². The number of aromatic nitrogens is 1. The van der Waals surface area contributed by atoms with Gasteiger partial charge in [0.15, 0.2) is 0 Å². The third-order valence-corrected chi connectivity index (χ3v) is 9.40. The van der Waals surface area contributed by atoms with Gasteiger partial charge < -0.3 is 20.4 Å². The van der Waals surface area contributed by atoms with Crippen molar-refractivity contribution in [3.8, 4) is 0 Å². The molecule has 3 aromatic carbocycles. The molecular weight excluding hydrogens is 552 g/mol. The molecule has 0 unspecified atom stereocenters. The van der Waals surface area contributed by atoms with Crippen LogP contribution in [0.5, 0.6) is 0 Å². The first-order valence-corrected chi connectivity index (χ1v) is 15.7. The molecule has 1 aromatic heterocycles. The number of ether oxygens (including phenoxy) is 1. The molecule has 0 aliphatic carbocycles. The van der Waals surface area contributed by atoms with Crippen molar-refractivity contribution in [3.63, 3.8) is 0 Å². The number of hydrogen-bond donors (Lipinski definition) is 2. The molecule has 3 N–H and O–H groups in total. The van der Waals surface area contributed by atoms with Crippen molar-refractivity contribution in [2.75, 3.05) is 23.9 Å². The number of nitrogens with one attached hydrogen (secondary N) is 1. The standard InChI is InChI=1S/C32H38N4O5S/c1-32(2,3)41-31(38)35-19-9-10-22(20-35)21-36(42(39,40)28-16-8-12-23-11-4-5-13-24(23)28)30-26(17-18-29(33)37)25-14-6-7-15-27(25)34-30/h4-8,11-16,22,34H,9-10,17-21H2,1-3H3,(H2,33,37)/t22-/m0/s1. The monoisotopic (exact) mass is 590 g/mol. The lowest BCUT2D eigenvalue weighted by atomic mass is 9.98. The minimum Gasteiger partial charge on any atom is -0.444 e. The average Bonchev–Trinajstić information content (AvgIpc) is 3.31. The van der Waals surface area contributed by atoms with Gasteiger partial charge in [-0.25, -0.2) is 13.2 Å². The minimum atomic E-state index is -4.10. The Morgan fingerprint density at radius 2 is 1.71 bits per heavy atom. The fourth-order valence-corrected chi connectivity index (χ4v) is 7.44. The fourth-order valence-electron chi connectivity index (χ4n) is 5.69. The van der Waals surface area contributed by atoms with E-state index in [9.17, 15) is 18.0 Å². The molecule has 1 aliphatic heterocycles. The van der Waals surface area contributed by atoms with Crippen LogP contribution in [0.3, 0.4) is 0 Å². The van der Waals surface area contributed by atoms with Crippen LogP contribution in [0, 0.1) is 5.92 Å². The number of hydrogen-bond acceptors (Lipinski definition) is 5. The summed E-state index contributed by atoms with van der Waals surface area (Å²) in [5.74, 6) is -0.193. The minimum absolute atomic E-state index is 0.0762. The van der Waals surface area contributed by atoms with E-state index in [0.717, 1.165) is 29.1 Å². The molecular formula is C32H38N4O5S. The van der Waals surface area contributed by atoms with Crippen LogP contribution >= 0.6 is 0 Å². The number of aryl methyl sites for hydroxylation is 1. The van der Waals surface area contributed by atoms with Gasteiger partial charge in [-0.2, -0.15) is 0 Å². The summed E-state index contributed by atoms with van der Waals surface area (Å²) in [5.41, 5.74) is 6.38. The van der Waals surface area contributed by atoms with Gasteiger partial charge in [0.05, 0.1) is 4.90 Å². The fraction of sp³-hybridized carbons (Fsp3) is 0.375. The third-order valence-electron chi connectivity index (χ3n) is 7.57. The van der Waals surface area contributed by atoms with Gasteiger partial charge in [-0.15, -0.1) is 0 Å². The van der Waals surface area contributed by atoms with Gasteiger partial charge in [0.25, 0.3) is 10.0 Å². The Morgan fingerprint density at radius 3 is 2.45 bits per heavy atom. The molecule has 222 valence electrons. The zero-order valence-corrected chi connectivity index (χ0v) is 25.1. The highest BCUT2D eigenvalue weighted by Crippen LogP contribution is 2.36. The van der Waals surface area contributed by atoms with Crippen molar-refractivity contribution >= 4 is 49.5 Å². The van der Waals surface area contributed by atoms with Gasteiger partial charge in [-0.3, -0.25) is 9.10 Å². The van der Waals surface area contributed by atoms with E-state index >= 15 is 0 Å². The lowest BCUT2D eigenvalue weighted by molar-refractivity contribution is -0.117. The lowest BCUT2D eigenvalue weighted by Crippen LogP contribution is -2.46. The van der Waals surface area contributed by atoms with E-state index in [0.29, 0.717) is 29.9 Å². The first-order valence-electron chi connectivity index (χ1n) is 14.3. The summed E-state index contributed by atoms with van der Waals surface area (Å²) >= 11 is 0. The number of aromatic amines is 1. The molecule has 2 amide bonds. The number of para-hydroxylation sites is 1. The van der Waals surface area contributed by atoms with Crippen molar-refractivity contribution in [2.45, 2.75) is 57.0 Å². The second kappa shape index (κ2) is 11.7. The largest absolute Gasteiger partial charge is 0.444 e. The topological polar surface area (TPSA) is 126 Å². The molecule has 1 aliphatic rings. The predicted octanol–water partition coefficient (Wildman–Crippen LogP) is 5.58. The van der Waals surface area contributed by atoms with Crippen LogP contribution in [0.25, 0.3) is 21.7 Å². The number of anilines is 1. The number of rotatable bonds is 8. The summed E-state index contributed by atoms with van der Waals surface area (Å²) in [6.07, 6.45) is 1.44. The van der Waals surface area contributed by atoms with E-state index in [-0.39, 0.29) is 30.2 Å². The van der Waals surface area contributed by atoms with Crippen LogP contribution < -0.4 is 10.0 Å². The molecule has 0 radical (unpaired) electrons. The van der Waals surface area contributed by atoms with Gasteiger partial charge in [-0.1, -0.05) is 54.6 Å². The number of carbonyl (C=O) groups excluding carboxylic acids is 2. The number of benzene rings is 3. The Morgan fingerprint density at radius 1 is 1.02 bits per heavy atom. The molecule has 0 saturated carbocycles. The second-order valence-electron chi connectivity index (χ2n) is 11.9. The van der Waals surface area contributed by atoms with Gasteiger partial charge in [0.2, 0.25) is 5.91 Å². The number of carbonyl (C=O) groups is 2. The van der Waals surface area contributed by atoms with Gasteiger partial charge in [-0.05, 0) is 63.5 Å². The molecule has 1 atom stereocenters. The first-order chi connectivity index (χ1) is 19.9. The summed E-state index contributed by atoms with van der Waals surface area (Å²) in [4.78, 5) is 30.0. The highest BCUT2D eigenvalue weighted by atomic mass is 32.2. The molecule has 1 fully saturated rings. The van der Waals surface area contributed by atoms with Crippen LogP contribution in [-0.2, 0) is 26.0 Å². The maximum Gasteiger partial charge on any atom is 0.410 e. The zero-order valence-electron chi connectivity index (χ0n) is 24.3. The highest BCUT2D eigenvalue weighted by Gasteiger charge is 2.35. The Kier molecular flexibility index (Phi) is 8.19. The van der Waals surface area contributed by atoms with Gasteiger partial charge in [0.1, 0.15) is 11.4 Å². The van der Waals surface area contributed by atoms with Crippen LogP contribution in [0.4, 0.5) is 10.6 Å². The number of nitrogens with zero attached hydrogens (tertiary/aromatic N) is 2. The molecule has 1 saturated heterocycles. The summed E-state index contributed by atoms with van der Waals surface area (Å²) in [6, 6.07) is 20.2. The summed E-state index contributed by atoms with van der Waals surface area (Å²) in [6.45, 7) is 6.54. The second-order valence-corrected chi connectivity index (χ2v) is 13.7. The molecule has 10 heteroatoms. The van der Waals surface area contributed by atoms with E-state index in [1.165, 1.54) is 4.31 Å². The number of likely N-dealkylation sites (tertiary alicyclic amines) is 1. The SMILES string of the molecule is CC(C)(C)OC(=O)N1CCC[C@H](CN(c2[nH]c3ccccc3c2CCC(N)=O)S(=O)(=O)c2cccc3ccccc23)C1. The number of piperidine rings is 1. The average molecular weight is 591 g/mol. The van der Waals surface area contributed by atoms with Crippen molar-refractivity contribution in [2.24, 2.45) is 11.7 Å². The molecule has 5 rings (SSSR count). The lowest BCUT2D eigenvalue weighted by Gasteiger charge is -2.36. The smallest absolute Gasteiger partial charge is 0.410 e. The summed E-state index contributed by atoms with van der Waals surface area (Å²) in [7, 11) is -4.10. The molecule has 0 bridgehead atoms. The van der Waals surface area contributed by atoms with E-state index in [1.807, 2.05) is 75.4 Å². The van der Waals surface area contributed by atoms with Crippen molar-refractivity contribution in [3.05, 3.63) is 72.3 Å². The molecule has 9 nitrogen and oxygen atoms in total. The van der Waals surface area contributed by atoms with Crippen LogP contribution in [0.1, 0.15) is 45.6 Å². The van der Waals surface area contributed by atoms with Gasteiger partial charge in [0, 0.05) is 47.9 Å². The molecule has 42 heavy (non-hydrogen) atoms. The quantitative estimate of drug-likeness (QED) is 0.277. The first kappa shape index (κ1) is 29.4. The number of primary amides is 1. The molecule has 0 spiro atoms. The third kappa shape index (κ3) is 6.23. The zero-order chi connectivity index (χ0) is 30.1. The van der Waals surface area contributed by atoms with Crippen molar-refractivity contribution in [1.29, 1.82) is 0 Å². The van der Waals surface area contributed by atoms with Crippen LogP contribution in [-0.4, -0.2) is 55.5 Å². The van der Waals surface area contributed by atoms with E-state index in [4.69, 9.17) is 10.5 Å². The van der Waals surface area contributed by atoms with E-state index < -0.39 is 27.6 Å². The summed E-state index contributed by atoms with van der Waals surface area (Å²) < 4.78 is 36.5. The summed E-state index contributed by atoms with van der Waals surface area (Å²) in [5, 5.41) is 2.28. The Hall–Kier alpha value is -4.05. The normalized spacial score (nSPS) is 16.1. The number of sulfonamides is 1. The maximum absolute atomic E-state index is 14.7. The molecule has 2 heterocycles. The Balaban J connectivity index is 1.60. The molecule has 4 aromatic rings. The predicted molar refractivity (Wildman–Crippen MR) is 165 cm³/mol.